The number of aromatic nitrogens is 1. The van der Waals surface area contributed by atoms with E-state index in [1.165, 1.54) is 6.20 Å². The summed E-state index contributed by atoms with van der Waals surface area (Å²) in [6.45, 7) is 5.25. The molecular weight excluding hydrogens is 412 g/mol. The monoisotopic (exact) mass is 440 g/mol. The molecule has 0 spiro atoms. The summed E-state index contributed by atoms with van der Waals surface area (Å²) in [4.78, 5) is 40.1. The number of aromatic carboxylic acids is 1. The van der Waals surface area contributed by atoms with E-state index in [9.17, 15) is 19.5 Å². The van der Waals surface area contributed by atoms with Gasteiger partial charge in [-0.15, -0.1) is 0 Å². The number of benzene rings is 1. The van der Waals surface area contributed by atoms with Crippen LogP contribution in [0.2, 0.25) is 0 Å². The quantitative estimate of drug-likeness (QED) is 0.664. The lowest BCUT2D eigenvalue weighted by Gasteiger charge is -2.47. The molecule has 0 aliphatic carbocycles. The molecule has 0 radical (unpaired) electrons. The van der Waals surface area contributed by atoms with Crippen molar-refractivity contribution in [2.75, 3.05) is 19.8 Å². The molecule has 2 aromatic rings. The molecule has 0 saturated carbocycles. The average molecular weight is 440 g/mol. The van der Waals surface area contributed by atoms with Gasteiger partial charge in [-0.2, -0.15) is 0 Å². The van der Waals surface area contributed by atoms with E-state index in [0.29, 0.717) is 26.0 Å². The third kappa shape index (κ3) is 3.79. The molecule has 8 heteroatoms. The lowest BCUT2D eigenvalue weighted by Crippen LogP contribution is -2.56. The first kappa shape index (κ1) is 22.1. The second-order valence-corrected chi connectivity index (χ2v) is 8.27. The van der Waals surface area contributed by atoms with Gasteiger partial charge in [0, 0.05) is 18.7 Å². The minimum atomic E-state index is -1.35. The summed E-state index contributed by atoms with van der Waals surface area (Å²) in [7, 11) is 0. The molecule has 1 N–H and O–H groups in total. The number of carboxylic acid groups (broad SMARTS) is 1. The molecule has 1 saturated heterocycles. The van der Waals surface area contributed by atoms with E-state index in [2.05, 4.69) is 0 Å². The number of nitrogens with zero attached hydrogens (tertiary/aromatic N) is 2. The topological polar surface area (TPSA) is 98.1 Å². The first-order valence-electron chi connectivity index (χ1n) is 11.1. The minimum absolute atomic E-state index is 0.102. The van der Waals surface area contributed by atoms with Gasteiger partial charge in [-0.1, -0.05) is 50.6 Å². The van der Waals surface area contributed by atoms with Gasteiger partial charge in [0.15, 0.2) is 17.7 Å². The molecule has 2 aliphatic heterocycles. The van der Waals surface area contributed by atoms with Crippen molar-refractivity contribution in [2.45, 2.75) is 51.3 Å². The van der Waals surface area contributed by atoms with Crippen molar-refractivity contribution in [3.8, 4) is 5.75 Å². The number of amides is 1. The van der Waals surface area contributed by atoms with E-state index in [1.807, 2.05) is 44.2 Å². The Hall–Kier alpha value is -3.13. The molecule has 3 heterocycles. The standard InChI is InChI=1S/C24H28N2O6/c1-3-4-12-31-21-19-22(28)25-11-8-13-32-23(25)18(15(2)16-9-6-5-7-10-16)26(19)14-17(20(21)27)24(29)30/h5-7,9-10,14-15,18,23H,3-4,8,11-13H2,1-2H3,(H,29,30)/t15?,18-,23-/m0/s1. The Morgan fingerprint density at radius 2 is 2.03 bits per heavy atom. The molecule has 0 bridgehead atoms. The normalized spacial score (nSPS) is 20.9. The first-order valence-corrected chi connectivity index (χ1v) is 11.1. The molecule has 170 valence electrons. The Bertz CT molecular complexity index is 1060. The molecule has 1 fully saturated rings. The molecule has 32 heavy (non-hydrogen) atoms. The smallest absolute Gasteiger partial charge is 0.341 e. The lowest BCUT2D eigenvalue weighted by atomic mass is 9.88. The van der Waals surface area contributed by atoms with Gasteiger partial charge in [-0.05, 0) is 18.4 Å². The number of pyridine rings is 1. The highest BCUT2D eigenvalue weighted by Crippen LogP contribution is 2.41. The number of carbonyl (C=O) groups is 2. The highest BCUT2D eigenvalue weighted by atomic mass is 16.5. The maximum atomic E-state index is 13.5. The molecule has 1 unspecified atom stereocenters. The van der Waals surface area contributed by atoms with Crippen molar-refractivity contribution in [1.29, 1.82) is 0 Å². The van der Waals surface area contributed by atoms with Crippen LogP contribution in [0.4, 0.5) is 0 Å². The zero-order valence-electron chi connectivity index (χ0n) is 18.3. The molecule has 4 rings (SSSR count). The van der Waals surface area contributed by atoms with Crippen LogP contribution in [-0.2, 0) is 4.74 Å². The predicted octanol–water partition coefficient (Wildman–Crippen LogP) is 3.27. The predicted molar refractivity (Wildman–Crippen MR) is 117 cm³/mol. The van der Waals surface area contributed by atoms with Crippen molar-refractivity contribution >= 4 is 11.9 Å². The Morgan fingerprint density at radius 1 is 1.28 bits per heavy atom. The highest BCUT2D eigenvalue weighted by molar-refractivity contribution is 5.98. The Kier molecular flexibility index (Phi) is 6.32. The molecule has 8 nitrogen and oxygen atoms in total. The van der Waals surface area contributed by atoms with Crippen LogP contribution in [0.3, 0.4) is 0 Å². The largest absolute Gasteiger partial charge is 0.487 e. The van der Waals surface area contributed by atoms with E-state index in [-0.39, 0.29) is 29.9 Å². The number of ether oxygens (including phenoxy) is 2. The third-order valence-electron chi connectivity index (χ3n) is 6.22. The summed E-state index contributed by atoms with van der Waals surface area (Å²) < 4.78 is 13.4. The molecule has 1 aromatic heterocycles. The Balaban J connectivity index is 1.94. The van der Waals surface area contributed by atoms with Crippen LogP contribution in [-0.4, -0.2) is 52.4 Å². The van der Waals surface area contributed by atoms with Gasteiger partial charge in [0.05, 0.1) is 19.3 Å². The van der Waals surface area contributed by atoms with E-state index >= 15 is 0 Å². The highest BCUT2D eigenvalue weighted by Gasteiger charge is 2.46. The summed E-state index contributed by atoms with van der Waals surface area (Å²) in [5.41, 5.74) is -0.0557. The zero-order chi connectivity index (χ0) is 22.8. The van der Waals surface area contributed by atoms with Crippen LogP contribution in [0.1, 0.15) is 71.5 Å². The molecule has 2 aliphatic rings. The van der Waals surface area contributed by atoms with Crippen LogP contribution in [0, 0.1) is 0 Å². The fourth-order valence-electron chi connectivity index (χ4n) is 4.53. The Morgan fingerprint density at radius 3 is 2.72 bits per heavy atom. The average Bonchev–Trinajstić information content (AvgIpc) is 2.80. The van der Waals surface area contributed by atoms with Gasteiger partial charge in [0.25, 0.3) is 5.91 Å². The summed E-state index contributed by atoms with van der Waals surface area (Å²) in [6.07, 6.45) is 2.93. The van der Waals surface area contributed by atoms with Crippen molar-refractivity contribution < 1.29 is 24.2 Å². The van der Waals surface area contributed by atoms with E-state index in [1.54, 1.807) is 9.47 Å². The van der Waals surface area contributed by atoms with Crippen LogP contribution in [0.15, 0.2) is 41.3 Å². The number of rotatable bonds is 7. The number of hydrogen-bond acceptors (Lipinski definition) is 5. The minimum Gasteiger partial charge on any atom is -0.487 e. The molecule has 1 aromatic carbocycles. The number of carboxylic acids is 1. The first-order chi connectivity index (χ1) is 15.5. The van der Waals surface area contributed by atoms with Crippen molar-refractivity contribution in [3.05, 3.63) is 63.6 Å². The third-order valence-corrected chi connectivity index (χ3v) is 6.22. The van der Waals surface area contributed by atoms with Crippen LogP contribution < -0.4 is 10.2 Å². The van der Waals surface area contributed by atoms with Gasteiger partial charge in [-0.25, -0.2) is 4.79 Å². The fraction of sp³-hybridized carbons (Fsp3) is 0.458. The second kappa shape index (κ2) is 9.16. The van der Waals surface area contributed by atoms with Crippen LogP contribution in [0.25, 0.3) is 0 Å². The van der Waals surface area contributed by atoms with E-state index in [0.717, 1.165) is 12.0 Å². The number of fused-ring (bicyclic) bond motifs is 2. The lowest BCUT2D eigenvalue weighted by molar-refractivity contribution is -0.115. The fourth-order valence-corrected chi connectivity index (χ4v) is 4.53. The maximum Gasteiger partial charge on any atom is 0.341 e. The van der Waals surface area contributed by atoms with Crippen LogP contribution in [0.5, 0.6) is 5.75 Å². The van der Waals surface area contributed by atoms with E-state index in [4.69, 9.17) is 9.47 Å². The number of unbranched alkanes of at least 4 members (excludes halogenated alkanes) is 1. The number of carbonyl (C=O) groups excluding carboxylic acids is 1. The van der Waals surface area contributed by atoms with Crippen LogP contribution >= 0.6 is 0 Å². The van der Waals surface area contributed by atoms with Gasteiger partial charge in [0.2, 0.25) is 5.43 Å². The van der Waals surface area contributed by atoms with Gasteiger partial charge >= 0.3 is 5.97 Å². The van der Waals surface area contributed by atoms with Crippen molar-refractivity contribution in [1.82, 2.24) is 9.47 Å². The van der Waals surface area contributed by atoms with Gasteiger partial charge < -0.3 is 24.0 Å². The zero-order valence-corrected chi connectivity index (χ0v) is 18.3. The van der Waals surface area contributed by atoms with Gasteiger partial charge in [-0.3, -0.25) is 9.59 Å². The SMILES string of the molecule is CCCCOc1c2n(cc(C(=O)O)c1=O)[C@@H](C(C)c1ccccc1)[C@@H]1OCCCN1C2=O. The van der Waals surface area contributed by atoms with Gasteiger partial charge in [0.1, 0.15) is 5.56 Å². The van der Waals surface area contributed by atoms with Crippen molar-refractivity contribution in [3.63, 3.8) is 0 Å². The molecule has 1 amide bonds. The van der Waals surface area contributed by atoms with Crippen molar-refractivity contribution in [2.24, 2.45) is 0 Å². The maximum absolute atomic E-state index is 13.5. The molecular formula is C24H28N2O6. The van der Waals surface area contributed by atoms with E-state index < -0.39 is 29.2 Å². The summed E-state index contributed by atoms with van der Waals surface area (Å²) >= 11 is 0. The number of hydrogen-bond donors (Lipinski definition) is 1. The summed E-state index contributed by atoms with van der Waals surface area (Å²) in [5.74, 6) is -2.03. The molecule has 3 atom stereocenters. The Labute approximate surface area is 186 Å². The second-order valence-electron chi connectivity index (χ2n) is 8.27. The summed E-state index contributed by atoms with van der Waals surface area (Å²) in [6, 6.07) is 9.37. The summed E-state index contributed by atoms with van der Waals surface area (Å²) in [5, 5.41) is 9.71.